The number of halogens is 1. The SMILES string of the molecule is CC(CCl)C(C)NS(=O)(=O)c1cn(C)cn1. The van der Waals surface area contributed by atoms with Crippen LogP contribution in [-0.2, 0) is 17.1 Å². The van der Waals surface area contributed by atoms with Crippen molar-refractivity contribution in [2.75, 3.05) is 5.88 Å². The summed E-state index contributed by atoms with van der Waals surface area (Å²) in [7, 11) is -1.82. The van der Waals surface area contributed by atoms with Crippen molar-refractivity contribution in [2.24, 2.45) is 13.0 Å². The van der Waals surface area contributed by atoms with Crippen molar-refractivity contribution in [1.29, 1.82) is 0 Å². The largest absolute Gasteiger partial charge is 0.339 e. The van der Waals surface area contributed by atoms with Gasteiger partial charge in [-0.05, 0) is 12.8 Å². The van der Waals surface area contributed by atoms with Gasteiger partial charge in [-0.3, -0.25) is 0 Å². The van der Waals surface area contributed by atoms with Crippen LogP contribution in [0.3, 0.4) is 0 Å². The number of hydrogen-bond donors (Lipinski definition) is 1. The molecule has 0 bridgehead atoms. The molecule has 0 saturated carbocycles. The maximum Gasteiger partial charge on any atom is 0.259 e. The molecule has 0 radical (unpaired) electrons. The average molecular weight is 266 g/mol. The highest BCUT2D eigenvalue weighted by Crippen LogP contribution is 2.10. The summed E-state index contributed by atoms with van der Waals surface area (Å²) in [5.74, 6) is 0.478. The molecule has 2 unspecified atom stereocenters. The van der Waals surface area contributed by atoms with E-state index in [2.05, 4.69) is 9.71 Å². The lowest BCUT2D eigenvalue weighted by molar-refractivity contribution is 0.479. The van der Waals surface area contributed by atoms with E-state index in [0.29, 0.717) is 5.88 Å². The number of aromatic nitrogens is 2. The summed E-state index contributed by atoms with van der Waals surface area (Å²) >= 11 is 5.67. The molecule has 0 aliphatic heterocycles. The van der Waals surface area contributed by atoms with E-state index >= 15 is 0 Å². The highest BCUT2D eigenvalue weighted by atomic mass is 35.5. The fourth-order valence-corrected chi connectivity index (χ4v) is 2.68. The molecular formula is C9H16ClN3O2S. The predicted molar refractivity (Wildman–Crippen MR) is 62.9 cm³/mol. The molecule has 0 aliphatic rings. The zero-order valence-electron chi connectivity index (χ0n) is 9.51. The van der Waals surface area contributed by atoms with Crippen molar-refractivity contribution in [2.45, 2.75) is 24.9 Å². The number of alkyl halides is 1. The molecule has 7 heteroatoms. The molecule has 1 aromatic rings. The minimum Gasteiger partial charge on any atom is -0.339 e. The van der Waals surface area contributed by atoms with Crippen molar-refractivity contribution in [1.82, 2.24) is 14.3 Å². The number of aryl methyl sites for hydroxylation is 1. The zero-order valence-corrected chi connectivity index (χ0v) is 11.1. The molecule has 2 atom stereocenters. The molecule has 1 aromatic heterocycles. The molecule has 92 valence electrons. The van der Waals surface area contributed by atoms with Gasteiger partial charge in [-0.1, -0.05) is 6.92 Å². The van der Waals surface area contributed by atoms with E-state index in [1.54, 1.807) is 18.5 Å². The molecule has 0 saturated heterocycles. The first-order chi connectivity index (χ1) is 7.36. The molecule has 1 heterocycles. The number of hydrogen-bond acceptors (Lipinski definition) is 3. The molecule has 0 aliphatic carbocycles. The second kappa shape index (κ2) is 5.16. The van der Waals surface area contributed by atoms with Crippen LogP contribution in [-0.4, -0.2) is 29.9 Å². The van der Waals surface area contributed by atoms with Gasteiger partial charge in [0.15, 0.2) is 5.03 Å². The Balaban J connectivity index is 2.80. The second-order valence-corrected chi connectivity index (χ2v) is 5.89. The number of sulfonamides is 1. The van der Waals surface area contributed by atoms with Crippen molar-refractivity contribution in [3.8, 4) is 0 Å². The molecule has 0 spiro atoms. The maximum absolute atomic E-state index is 11.8. The Bertz CT molecular complexity index is 443. The summed E-state index contributed by atoms with van der Waals surface area (Å²) < 4.78 is 27.8. The first-order valence-corrected chi connectivity index (χ1v) is 6.95. The number of rotatable bonds is 5. The zero-order chi connectivity index (χ0) is 12.3. The van der Waals surface area contributed by atoms with Gasteiger partial charge in [-0.15, -0.1) is 11.6 Å². The molecule has 0 aromatic carbocycles. The van der Waals surface area contributed by atoms with Crippen LogP contribution in [0.4, 0.5) is 0 Å². The summed E-state index contributed by atoms with van der Waals surface area (Å²) in [6, 6.07) is -0.218. The average Bonchev–Trinajstić information content (AvgIpc) is 2.63. The first-order valence-electron chi connectivity index (χ1n) is 4.93. The fourth-order valence-electron chi connectivity index (χ4n) is 1.08. The van der Waals surface area contributed by atoms with E-state index in [9.17, 15) is 8.42 Å². The molecule has 0 amide bonds. The van der Waals surface area contributed by atoms with Gasteiger partial charge in [0.05, 0.1) is 6.33 Å². The van der Waals surface area contributed by atoms with E-state index in [-0.39, 0.29) is 17.0 Å². The monoisotopic (exact) mass is 265 g/mol. The topological polar surface area (TPSA) is 64.0 Å². The molecule has 5 nitrogen and oxygen atoms in total. The summed E-state index contributed by atoms with van der Waals surface area (Å²) in [5.41, 5.74) is 0. The van der Waals surface area contributed by atoms with Crippen molar-refractivity contribution < 1.29 is 8.42 Å². The second-order valence-electron chi connectivity index (χ2n) is 3.92. The lowest BCUT2D eigenvalue weighted by atomic mass is 10.1. The Morgan fingerprint density at radius 3 is 2.62 bits per heavy atom. The van der Waals surface area contributed by atoms with Crippen LogP contribution in [0.25, 0.3) is 0 Å². The van der Waals surface area contributed by atoms with Crippen LogP contribution >= 0.6 is 11.6 Å². The summed E-state index contributed by atoms with van der Waals surface area (Å²) in [5, 5.41) is 0.0311. The minimum absolute atomic E-state index is 0.0311. The van der Waals surface area contributed by atoms with E-state index in [1.807, 2.05) is 6.92 Å². The Hall–Kier alpha value is -0.590. The van der Waals surface area contributed by atoms with Gasteiger partial charge >= 0.3 is 0 Å². The van der Waals surface area contributed by atoms with Crippen molar-refractivity contribution >= 4 is 21.6 Å². The van der Waals surface area contributed by atoms with Crippen LogP contribution in [0.15, 0.2) is 17.6 Å². The molecule has 0 fully saturated rings. The Morgan fingerprint density at radius 1 is 1.56 bits per heavy atom. The number of imidazole rings is 1. The van der Waals surface area contributed by atoms with E-state index in [0.717, 1.165) is 0 Å². The van der Waals surface area contributed by atoms with Crippen molar-refractivity contribution in [3.05, 3.63) is 12.5 Å². The van der Waals surface area contributed by atoms with Crippen LogP contribution in [0.1, 0.15) is 13.8 Å². The van der Waals surface area contributed by atoms with Crippen LogP contribution in [0, 0.1) is 5.92 Å². The van der Waals surface area contributed by atoms with Gasteiger partial charge in [0.25, 0.3) is 10.0 Å². The van der Waals surface area contributed by atoms with E-state index < -0.39 is 10.0 Å². The third kappa shape index (κ3) is 3.20. The summed E-state index contributed by atoms with van der Waals surface area (Å²) in [6.45, 7) is 3.67. The maximum atomic E-state index is 11.8. The standard InChI is InChI=1S/C9H16ClN3O2S/c1-7(4-10)8(2)12-16(14,15)9-5-13(3)6-11-9/h5-8,12H,4H2,1-3H3. The Morgan fingerprint density at radius 2 is 2.19 bits per heavy atom. The van der Waals surface area contributed by atoms with Gasteiger partial charge in [-0.25, -0.2) is 18.1 Å². The van der Waals surface area contributed by atoms with Gasteiger partial charge in [-0.2, -0.15) is 0 Å². The lowest BCUT2D eigenvalue weighted by Crippen LogP contribution is -2.37. The van der Waals surface area contributed by atoms with Gasteiger partial charge in [0, 0.05) is 25.2 Å². The predicted octanol–water partition coefficient (Wildman–Crippen LogP) is 0.962. The number of nitrogens with zero attached hydrogens (tertiary/aromatic N) is 2. The summed E-state index contributed by atoms with van der Waals surface area (Å²) in [6.07, 6.45) is 2.91. The molecular weight excluding hydrogens is 250 g/mol. The van der Waals surface area contributed by atoms with Gasteiger partial charge < -0.3 is 4.57 Å². The summed E-state index contributed by atoms with van der Waals surface area (Å²) in [4.78, 5) is 3.81. The Labute approximate surface area is 101 Å². The quantitative estimate of drug-likeness (QED) is 0.807. The third-order valence-corrected chi connectivity index (χ3v) is 4.32. The van der Waals surface area contributed by atoms with Crippen LogP contribution in [0.2, 0.25) is 0 Å². The molecule has 1 rings (SSSR count). The molecule has 16 heavy (non-hydrogen) atoms. The molecule has 1 N–H and O–H groups in total. The Kier molecular flexibility index (Phi) is 4.35. The first kappa shape index (κ1) is 13.5. The minimum atomic E-state index is -3.53. The van der Waals surface area contributed by atoms with Gasteiger partial charge in [0.1, 0.15) is 0 Å². The lowest BCUT2D eigenvalue weighted by Gasteiger charge is -2.18. The van der Waals surface area contributed by atoms with Gasteiger partial charge in [0.2, 0.25) is 0 Å². The highest BCUT2D eigenvalue weighted by Gasteiger charge is 2.22. The van der Waals surface area contributed by atoms with Crippen LogP contribution in [0.5, 0.6) is 0 Å². The number of nitrogens with one attached hydrogen (secondary N) is 1. The fraction of sp³-hybridized carbons (Fsp3) is 0.667. The third-order valence-electron chi connectivity index (χ3n) is 2.39. The highest BCUT2D eigenvalue weighted by molar-refractivity contribution is 7.89. The van der Waals surface area contributed by atoms with Crippen molar-refractivity contribution in [3.63, 3.8) is 0 Å². The smallest absolute Gasteiger partial charge is 0.259 e. The van der Waals surface area contributed by atoms with E-state index in [1.165, 1.54) is 12.5 Å². The normalized spacial score (nSPS) is 16.0. The van der Waals surface area contributed by atoms with Crippen LogP contribution < -0.4 is 4.72 Å². The van der Waals surface area contributed by atoms with E-state index in [4.69, 9.17) is 11.6 Å².